The summed E-state index contributed by atoms with van der Waals surface area (Å²) < 4.78 is 0.885. The van der Waals surface area contributed by atoms with E-state index < -0.39 is 0 Å². The van der Waals surface area contributed by atoms with E-state index in [-0.39, 0.29) is 5.75 Å². The number of rotatable bonds is 0. The van der Waals surface area contributed by atoms with E-state index >= 15 is 0 Å². The molecule has 0 aliphatic heterocycles. The molecule has 1 heterocycles. The second-order valence-corrected chi connectivity index (χ2v) is 3.21. The summed E-state index contributed by atoms with van der Waals surface area (Å²) in [6.45, 7) is 0. The Balaban J connectivity index is 2.95. The van der Waals surface area contributed by atoms with E-state index in [9.17, 15) is 5.11 Å². The van der Waals surface area contributed by atoms with E-state index in [2.05, 4.69) is 25.9 Å². The van der Waals surface area contributed by atoms with Crippen LogP contribution in [-0.2, 0) is 0 Å². The Morgan fingerprint density at radius 1 is 1.33 bits per heavy atom. The SMILES string of the molecule is Oc1ccc(Br)c2cncnc12. The molecule has 1 aromatic heterocycles. The van der Waals surface area contributed by atoms with E-state index in [1.54, 1.807) is 18.3 Å². The topological polar surface area (TPSA) is 46.0 Å². The van der Waals surface area contributed by atoms with Crippen LogP contribution in [-0.4, -0.2) is 15.1 Å². The molecule has 12 heavy (non-hydrogen) atoms. The molecule has 0 spiro atoms. The fourth-order valence-electron chi connectivity index (χ4n) is 1.03. The van der Waals surface area contributed by atoms with Crippen molar-refractivity contribution in [3.63, 3.8) is 0 Å². The fraction of sp³-hybridized carbons (Fsp3) is 0. The first-order valence-corrected chi connectivity index (χ1v) is 4.15. The van der Waals surface area contributed by atoms with Crippen molar-refractivity contribution in [3.8, 4) is 5.75 Å². The third-order valence-corrected chi connectivity index (χ3v) is 2.29. The average molecular weight is 225 g/mol. The summed E-state index contributed by atoms with van der Waals surface area (Å²) in [7, 11) is 0. The van der Waals surface area contributed by atoms with Crippen molar-refractivity contribution in [1.29, 1.82) is 0 Å². The Kier molecular flexibility index (Phi) is 1.69. The molecule has 2 rings (SSSR count). The monoisotopic (exact) mass is 224 g/mol. The van der Waals surface area contributed by atoms with Gasteiger partial charge in [0.2, 0.25) is 0 Å². The molecule has 4 heteroatoms. The summed E-state index contributed by atoms with van der Waals surface area (Å²) >= 11 is 3.34. The first kappa shape index (κ1) is 7.49. The van der Waals surface area contributed by atoms with Crippen LogP contribution in [0.4, 0.5) is 0 Å². The third kappa shape index (κ3) is 1.04. The lowest BCUT2D eigenvalue weighted by Gasteiger charge is -1.99. The van der Waals surface area contributed by atoms with Crippen molar-refractivity contribution in [1.82, 2.24) is 9.97 Å². The van der Waals surface area contributed by atoms with Crippen LogP contribution in [0.1, 0.15) is 0 Å². The molecule has 0 saturated heterocycles. The van der Waals surface area contributed by atoms with Gasteiger partial charge < -0.3 is 5.11 Å². The van der Waals surface area contributed by atoms with E-state index in [0.717, 1.165) is 9.86 Å². The van der Waals surface area contributed by atoms with Crippen molar-refractivity contribution >= 4 is 26.8 Å². The minimum absolute atomic E-state index is 0.176. The van der Waals surface area contributed by atoms with Crippen LogP contribution in [0.5, 0.6) is 5.75 Å². The molecular weight excluding hydrogens is 220 g/mol. The number of hydrogen-bond acceptors (Lipinski definition) is 3. The smallest absolute Gasteiger partial charge is 0.142 e. The second kappa shape index (κ2) is 2.71. The number of aromatic hydroxyl groups is 1. The second-order valence-electron chi connectivity index (χ2n) is 2.35. The number of phenolic OH excluding ortho intramolecular Hbond substituents is 1. The van der Waals surface area contributed by atoms with E-state index in [1.165, 1.54) is 6.33 Å². The van der Waals surface area contributed by atoms with Gasteiger partial charge in [0.25, 0.3) is 0 Å². The Morgan fingerprint density at radius 2 is 2.17 bits per heavy atom. The number of phenols is 1. The standard InChI is InChI=1S/C8H5BrN2O/c9-6-1-2-7(12)8-5(6)3-10-4-11-8/h1-4,12H. The lowest BCUT2D eigenvalue weighted by Crippen LogP contribution is -1.82. The Bertz CT molecular complexity index is 390. The van der Waals surface area contributed by atoms with E-state index in [0.29, 0.717) is 5.52 Å². The zero-order valence-electron chi connectivity index (χ0n) is 6.03. The molecule has 60 valence electrons. The summed E-state index contributed by atoms with van der Waals surface area (Å²) in [5.74, 6) is 0.176. The summed E-state index contributed by atoms with van der Waals surface area (Å²) in [6, 6.07) is 3.36. The molecule has 0 aliphatic rings. The minimum atomic E-state index is 0.176. The number of benzene rings is 1. The van der Waals surface area contributed by atoms with Crippen LogP contribution in [0.2, 0.25) is 0 Å². The van der Waals surface area contributed by atoms with Gasteiger partial charge in [0, 0.05) is 16.1 Å². The van der Waals surface area contributed by atoms with Crippen molar-refractivity contribution < 1.29 is 5.11 Å². The normalized spacial score (nSPS) is 10.4. The number of halogens is 1. The molecule has 0 radical (unpaired) electrons. The molecule has 0 unspecified atom stereocenters. The summed E-state index contributed by atoms with van der Waals surface area (Å²) in [5.41, 5.74) is 0.569. The molecule has 0 aliphatic carbocycles. The van der Waals surface area contributed by atoms with Gasteiger partial charge in [-0.1, -0.05) is 15.9 Å². The first-order chi connectivity index (χ1) is 5.79. The molecule has 0 bridgehead atoms. The maximum absolute atomic E-state index is 9.38. The highest BCUT2D eigenvalue weighted by Gasteiger charge is 2.02. The Morgan fingerprint density at radius 3 is 2.92 bits per heavy atom. The third-order valence-electron chi connectivity index (χ3n) is 1.60. The average Bonchev–Trinajstić information content (AvgIpc) is 2.12. The van der Waals surface area contributed by atoms with E-state index in [4.69, 9.17) is 0 Å². The zero-order chi connectivity index (χ0) is 8.55. The number of fused-ring (bicyclic) bond motifs is 1. The summed E-state index contributed by atoms with van der Waals surface area (Å²) in [6.07, 6.45) is 3.07. The van der Waals surface area contributed by atoms with Gasteiger partial charge in [-0.05, 0) is 12.1 Å². The quantitative estimate of drug-likeness (QED) is 0.746. The van der Waals surface area contributed by atoms with Crippen molar-refractivity contribution in [2.24, 2.45) is 0 Å². The highest BCUT2D eigenvalue weighted by molar-refractivity contribution is 9.10. The lowest BCUT2D eigenvalue weighted by atomic mass is 10.2. The predicted octanol–water partition coefficient (Wildman–Crippen LogP) is 2.10. The molecule has 0 amide bonds. The van der Waals surface area contributed by atoms with Gasteiger partial charge in [0.05, 0.1) is 0 Å². The maximum atomic E-state index is 9.38. The van der Waals surface area contributed by atoms with Crippen LogP contribution in [0.25, 0.3) is 10.9 Å². The van der Waals surface area contributed by atoms with Crippen molar-refractivity contribution in [3.05, 3.63) is 29.1 Å². The highest BCUT2D eigenvalue weighted by atomic mass is 79.9. The molecule has 0 saturated carbocycles. The molecule has 2 aromatic rings. The van der Waals surface area contributed by atoms with Crippen LogP contribution in [0.3, 0.4) is 0 Å². The van der Waals surface area contributed by atoms with Crippen LogP contribution >= 0.6 is 15.9 Å². The molecule has 1 aromatic carbocycles. The van der Waals surface area contributed by atoms with Gasteiger partial charge in [0.15, 0.2) is 0 Å². The van der Waals surface area contributed by atoms with Gasteiger partial charge in [-0.3, -0.25) is 0 Å². The first-order valence-electron chi connectivity index (χ1n) is 3.36. The number of nitrogens with zero attached hydrogens (tertiary/aromatic N) is 2. The zero-order valence-corrected chi connectivity index (χ0v) is 7.62. The summed E-state index contributed by atoms with van der Waals surface area (Å²) in [5, 5.41) is 10.2. The van der Waals surface area contributed by atoms with Crippen LogP contribution < -0.4 is 0 Å². The molecule has 1 N–H and O–H groups in total. The van der Waals surface area contributed by atoms with Gasteiger partial charge >= 0.3 is 0 Å². The van der Waals surface area contributed by atoms with Crippen LogP contribution in [0.15, 0.2) is 29.1 Å². The molecular formula is C8H5BrN2O. The molecule has 3 nitrogen and oxygen atoms in total. The van der Waals surface area contributed by atoms with Crippen LogP contribution in [0, 0.1) is 0 Å². The predicted molar refractivity (Wildman–Crippen MR) is 48.9 cm³/mol. The van der Waals surface area contributed by atoms with Crippen molar-refractivity contribution in [2.75, 3.05) is 0 Å². The minimum Gasteiger partial charge on any atom is -0.506 e. The molecule has 0 atom stereocenters. The Hall–Kier alpha value is -1.16. The fourth-order valence-corrected chi connectivity index (χ4v) is 1.45. The Labute approximate surface area is 77.2 Å². The molecule has 0 fully saturated rings. The van der Waals surface area contributed by atoms with Gasteiger partial charge in [-0.2, -0.15) is 0 Å². The van der Waals surface area contributed by atoms with E-state index in [1.807, 2.05) is 0 Å². The lowest BCUT2D eigenvalue weighted by molar-refractivity contribution is 0.480. The van der Waals surface area contributed by atoms with Gasteiger partial charge in [-0.15, -0.1) is 0 Å². The largest absolute Gasteiger partial charge is 0.506 e. The van der Waals surface area contributed by atoms with Crippen molar-refractivity contribution in [2.45, 2.75) is 0 Å². The number of hydrogen-bond donors (Lipinski definition) is 1. The maximum Gasteiger partial charge on any atom is 0.142 e. The van der Waals surface area contributed by atoms with Gasteiger partial charge in [-0.25, -0.2) is 9.97 Å². The summed E-state index contributed by atoms with van der Waals surface area (Å²) in [4.78, 5) is 7.81. The van der Waals surface area contributed by atoms with Gasteiger partial charge in [0.1, 0.15) is 17.6 Å². The highest BCUT2D eigenvalue weighted by Crippen LogP contribution is 2.27. The number of aromatic nitrogens is 2.